The van der Waals surface area contributed by atoms with Gasteiger partial charge in [-0.2, -0.15) is 0 Å². The standard InChI is InChI=1S/C8H9IO2/c9-7-4-2-1-3-6(7)8(11)5-10/h1-4,8,10-11H,5H2. The van der Waals surface area contributed by atoms with Gasteiger partial charge in [-0.1, -0.05) is 18.2 Å². The third kappa shape index (κ3) is 2.15. The first-order chi connectivity index (χ1) is 5.25. The van der Waals surface area contributed by atoms with Gasteiger partial charge in [0, 0.05) is 3.57 Å². The molecule has 0 amide bonds. The van der Waals surface area contributed by atoms with E-state index in [4.69, 9.17) is 5.11 Å². The summed E-state index contributed by atoms with van der Waals surface area (Å²) in [5, 5.41) is 17.9. The fourth-order valence-electron chi connectivity index (χ4n) is 0.844. The largest absolute Gasteiger partial charge is 0.393 e. The third-order valence-corrected chi connectivity index (χ3v) is 2.42. The van der Waals surface area contributed by atoms with Gasteiger partial charge in [-0.15, -0.1) is 0 Å². The highest BCUT2D eigenvalue weighted by molar-refractivity contribution is 14.1. The van der Waals surface area contributed by atoms with E-state index in [1.54, 1.807) is 0 Å². The molecule has 1 rings (SSSR count). The van der Waals surface area contributed by atoms with E-state index in [1.807, 2.05) is 24.3 Å². The summed E-state index contributed by atoms with van der Waals surface area (Å²) in [4.78, 5) is 0. The fraction of sp³-hybridized carbons (Fsp3) is 0.250. The van der Waals surface area contributed by atoms with Crippen molar-refractivity contribution in [3.63, 3.8) is 0 Å². The molecule has 3 heteroatoms. The Labute approximate surface area is 79.0 Å². The van der Waals surface area contributed by atoms with Gasteiger partial charge < -0.3 is 10.2 Å². The molecule has 0 aliphatic heterocycles. The van der Waals surface area contributed by atoms with Gasteiger partial charge in [0.15, 0.2) is 0 Å². The molecule has 0 aliphatic rings. The van der Waals surface area contributed by atoms with Gasteiger partial charge in [-0.25, -0.2) is 0 Å². The lowest BCUT2D eigenvalue weighted by atomic mass is 10.1. The van der Waals surface area contributed by atoms with E-state index in [-0.39, 0.29) is 6.61 Å². The lowest BCUT2D eigenvalue weighted by molar-refractivity contribution is 0.0950. The van der Waals surface area contributed by atoms with Crippen LogP contribution in [0.25, 0.3) is 0 Å². The smallest absolute Gasteiger partial charge is 0.103 e. The van der Waals surface area contributed by atoms with E-state index in [9.17, 15) is 5.11 Å². The van der Waals surface area contributed by atoms with Crippen molar-refractivity contribution < 1.29 is 10.2 Å². The number of aliphatic hydroxyl groups is 2. The lowest BCUT2D eigenvalue weighted by Crippen LogP contribution is -2.03. The summed E-state index contributed by atoms with van der Waals surface area (Å²) in [5.41, 5.74) is 0.788. The molecule has 11 heavy (non-hydrogen) atoms. The Morgan fingerprint density at radius 2 is 2.00 bits per heavy atom. The molecule has 2 N–H and O–H groups in total. The van der Waals surface area contributed by atoms with Crippen molar-refractivity contribution >= 4 is 22.6 Å². The van der Waals surface area contributed by atoms with Crippen molar-refractivity contribution in [1.29, 1.82) is 0 Å². The summed E-state index contributed by atoms with van der Waals surface area (Å²) in [6.45, 7) is -0.222. The minimum Gasteiger partial charge on any atom is -0.393 e. The van der Waals surface area contributed by atoms with Gasteiger partial charge in [0.1, 0.15) is 6.10 Å². The zero-order chi connectivity index (χ0) is 8.27. The molecule has 0 aliphatic carbocycles. The quantitative estimate of drug-likeness (QED) is 0.791. The molecule has 0 bridgehead atoms. The Balaban J connectivity index is 2.93. The maximum absolute atomic E-state index is 9.26. The first-order valence-electron chi connectivity index (χ1n) is 3.29. The van der Waals surface area contributed by atoms with Crippen LogP contribution in [0, 0.1) is 3.57 Å². The highest BCUT2D eigenvalue weighted by atomic mass is 127. The fourth-order valence-corrected chi connectivity index (χ4v) is 1.59. The second-order valence-electron chi connectivity index (χ2n) is 2.22. The number of rotatable bonds is 2. The zero-order valence-corrected chi connectivity index (χ0v) is 8.02. The average Bonchev–Trinajstić information content (AvgIpc) is 2.04. The van der Waals surface area contributed by atoms with E-state index in [2.05, 4.69) is 22.6 Å². The Kier molecular flexibility index (Phi) is 3.29. The van der Waals surface area contributed by atoms with Crippen LogP contribution in [0.3, 0.4) is 0 Å². The monoisotopic (exact) mass is 264 g/mol. The van der Waals surface area contributed by atoms with E-state index in [0.717, 1.165) is 9.13 Å². The molecular formula is C8H9IO2. The molecular weight excluding hydrogens is 255 g/mol. The van der Waals surface area contributed by atoms with Gasteiger partial charge in [0.25, 0.3) is 0 Å². The summed E-state index contributed by atoms with van der Waals surface area (Å²) >= 11 is 2.13. The van der Waals surface area contributed by atoms with Crippen molar-refractivity contribution in [3.8, 4) is 0 Å². The van der Waals surface area contributed by atoms with Gasteiger partial charge in [0.05, 0.1) is 6.61 Å². The Bertz CT molecular complexity index is 237. The number of hydrogen-bond acceptors (Lipinski definition) is 2. The van der Waals surface area contributed by atoms with Crippen LogP contribution in [-0.2, 0) is 0 Å². The molecule has 60 valence electrons. The second-order valence-corrected chi connectivity index (χ2v) is 3.38. The van der Waals surface area contributed by atoms with Crippen LogP contribution in [0.15, 0.2) is 24.3 Å². The SMILES string of the molecule is OCC(O)c1ccccc1I. The molecule has 1 aromatic carbocycles. The van der Waals surface area contributed by atoms with Crippen LogP contribution >= 0.6 is 22.6 Å². The van der Waals surface area contributed by atoms with Gasteiger partial charge in [-0.05, 0) is 34.2 Å². The Morgan fingerprint density at radius 3 is 2.55 bits per heavy atom. The van der Waals surface area contributed by atoms with Crippen molar-refractivity contribution in [3.05, 3.63) is 33.4 Å². The Morgan fingerprint density at radius 1 is 1.36 bits per heavy atom. The van der Waals surface area contributed by atoms with Crippen LogP contribution in [0.4, 0.5) is 0 Å². The van der Waals surface area contributed by atoms with Crippen molar-refractivity contribution in [1.82, 2.24) is 0 Å². The number of benzene rings is 1. The van der Waals surface area contributed by atoms with E-state index in [1.165, 1.54) is 0 Å². The highest BCUT2D eigenvalue weighted by Gasteiger charge is 2.07. The maximum Gasteiger partial charge on any atom is 0.103 e. The predicted octanol–water partition coefficient (Wildman–Crippen LogP) is 1.32. The van der Waals surface area contributed by atoms with Crippen molar-refractivity contribution in [2.75, 3.05) is 6.61 Å². The van der Waals surface area contributed by atoms with Crippen LogP contribution in [0.1, 0.15) is 11.7 Å². The predicted molar refractivity (Wildman–Crippen MR) is 51.2 cm³/mol. The Hall–Kier alpha value is -0.130. The van der Waals surface area contributed by atoms with Crippen molar-refractivity contribution in [2.24, 2.45) is 0 Å². The third-order valence-electron chi connectivity index (χ3n) is 1.44. The van der Waals surface area contributed by atoms with Crippen molar-refractivity contribution in [2.45, 2.75) is 6.10 Å². The molecule has 0 aromatic heterocycles. The zero-order valence-electron chi connectivity index (χ0n) is 5.87. The summed E-state index contributed by atoms with van der Waals surface area (Å²) in [6.07, 6.45) is -0.747. The molecule has 0 saturated heterocycles. The van der Waals surface area contributed by atoms with Crippen LogP contribution in [0.2, 0.25) is 0 Å². The molecule has 0 spiro atoms. The number of aliphatic hydroxyl groups excluding tert-OH is 2. The molecule has 1 unspecified atom stereocenters. The topological polar surface area (TPSA) is 40.5 Å². The van der Waals surface area contributed by atoms with E-state index < -0.39 is 6.10 Å². The van der Waals surface area contributed by atoms with E-state index in [0.29, 0.717) is 0 Å². The molecule has 0 radical (unpaired) electrons. The molecule has 1 atom stereocenters. The first-order valence-corrected chi connectivity index (χ1v) is 4.37. The summed E-state index contributed by atoms with van der Waals surface area (Å²) in [5.74, 6) is 0. The molecule has 0 heterocycles. The number of halogens is 1. The van der Waals surface area contributed by atoms with Gasteiger partial charge >= 0.3 is 0 Å². The lowest BCUT2D eigenvalue weighted by Gasteiger charge is -2.08. The average molecular weight is 264 g/mol. The summed E-state index contributed by atoms with van der Waals surface area (Å²) in [6, 6.07) is 7.45. The minimum atomic E-state index is -0.747. The normalized spacial score (nSPS) is 13.0. The van der Waals surface area contributed by atoms with Gasteiger partial charge in [0.2, 0.25) is 0 Å². The molecule has 2 nitrogen and oxygen atoms in total. The van der Waals surface area contributed by atoms with E-state index >= 15 is 0 Å². The van der Waals surface area contributed by atoms with Crippen LogP contribution in [-0.4, -0.2) is 16.8 Å². The molecule has 0 fully saturated rings. The molecule has 0 saturated carbocycles. The highest BCUT2D eigenvalue weighted by Crippen LogP contribution is 2.18. The van der Waals surface area contributed by atoms with Gasteiger partial charge in [-0.3, -0.25) is 0 Å². The molecule has 1 aromatic rings. The summed E-state index contributed by atoms with van der Waals surface area (Å²) in [7, 11) is 0. The number of hydrogen-bond donors (Lipinski definition) is 2. The summed E-state index contributed by atoms with van der Waals surface area (Å²) < 4.78 is 0.978. The minimum absolute atomic E-state index is 0.222. The first kappa shape index (κ1) is 8.96. The van der Waals surface area contributed by atoms with Crippen LogP contribution < -0.4 is 0 Å². The van der Waals surface area contributed by atoms with Crippen LogP contribution in [0.5, 0.6) is 0 Å². The second kappa shape index (κ2) is 4.04. The maximum atomic E-state index is 9.26.